The van der Waals surface area contributed by atoms with Crippen molar-refractivity contribution in [2.75, 3.05) is 6.61 Å². The zero-order chi connectivity index (χ0) is 47.2. The normalized spacial score (nSPS) is 17.8. The first-order valence-electron chi connectivity index (χ1n) is 22.3. The fourth-order valence-corrected chi connectivity index (χ4v) is 10.0. The Labute approximate surface area is 391 Å². The van der Waals surface area contributed by atoms with Crippen molar-refractivity contribution in [3.8, 4) is 0 Å². The average molecular weight is 879 g/mol. The van der Waals surface area contributed by atoms with Gasteiger partial charge >= 0.3 is 0 Å². The van der Waals surface area contributed by atoms with Gasteiger partial charge in [0, 0.05) is 23.7 Å². The molecule has 0 fully saturated rings. The van der Waals surface area contributed by atoms with Crippen molar-refractivity contribution in [2.45, 2.75) is 64.9 Å². The van der Waals surface area contributed by atoms with E-state index in [9.17, 15) is 15.3 Å². The second kappa shape index (κ2) is 22.6. The van der Waals surface area contributed by atoms with E-state index in [0.29, 0.717) is 27.8 Å². The smallest absolute Gasteiger partial charge is 0.142 e. The lowest BCUT2D eigenvalue weighted by Gasteiger charge is -2.67. The van der Waals surface area contributed by atoms with Crippen LogP contribution >= 0.6 is 0 Å². The molecule has 4 N–H and O–H groups in total. The number of ether oxygens (including phenoxy) is 2. The van der Waals surface area contributed by atoms with Gasteiger partial charge in [-0.25, -0.2) is 0 Å². The summed E-state index contributed by atoms with van der Waals surface area (Å²) >= 11 is 0. The van der Waals surface area contributed by atoms with Crippen LogP contribution in [0.5, 0.6) is 0 Å². The summed E-state index contributed by atoms with van der Waals surface area (Å²) in [7, 11) is 0. The minimum absolute atomic E-state index is 0.514. The van der Waals surface area contributed by atoms with Gasteiger partial charge < -0.3 is 29.9 Å². The Morgan fingerprint density at radius 2 is 0.682 bits per heavy atom. The molecule has 66 heavy (non-hydrogen) atoms. The number of benzene rings is 6. The number of hydrogen-bond acceptors (Lipinski definition) is 6. The fraction of sp³-hybridized carbons (Fsp3) is 0.200. The lowest BCUT2D eigenvalue weighted by molar-refractivity contribution is -0.340. The zero-order valence-corrected chi connectivity index (χ0v) is 37.5. The minimum Gasteiger partial charge on any atom is -0.394 e. The highest BCUT2D eigenvalue weighted by Gasteiger charge is 2.77. The summed E-state index contributed by atoms with van der Waals surface area (Å²) in [4.78, 5) is 0. The van der Waals surface area contributed by atoms with Gasteiger partial charge in [0.1, 0.15) is 41.2 Å². The van der Waals surface area contributed by atoms with E-state index in [0.717, 1.165) is 5.56 Å². The molecule has 6 rings (SSSR count). The van der Waals surface area contributed by atoms with Crippen LogP contribution in [0.3, 0.4) is 0 Å². The summed E-state index contributed by atoms with van der Waals surface area (Å²) in [5, 5.41) is 51.8. The summed E-state index contributed by atoms with van der Waals surface area (Å²) < 4.78 is 16.3. The highest BCUT2D eigenvalue weighted by atomic mass is 16.6. The van der Waals surface area contributed by atoms with E-state index in [-0.39, 0.29) is 0 Å². The Balaban J connectivity index is 2.04. The van der Waals surface area contributed by atoms with Crippen molar-refractivity contribution in [3.63, 3.8) is 0 Å². The van der Waals surface area contributed by atoms with Gasteiger partial charge in [-0.15, -0.1) is 39.5 Å². The molecule has 10 atom stereocenters. The summed E-state index contributed by atoms with van der Waals surface area (Å²) in [5.41, 5.74) is -3.36. The largest absolute Gasteiger partial charge is 0.394 e. The topological polar surface area (TPSA) is 99.4 Å². The molecule has 6 aromatic rings. The molecule has 6 aromatic carbocycles. The van der Waals surface area contributed by atoms with E-state index >= 15 is 5.11 Å². The van der Waals surface area contributed by atoms with Crippen LogP contribution in [0, 0.1) is 0 Å². The Hall–Kier alpha value is -6.48. The molecule has 0 saturated heterocycles. The number of hydrogen-bond donors (Lipinski definition) is 4. The molecule has 0 amide bonds. The molecule has 338 valence electrons. The van der Waals surface area contributed by atoms with Crippen LogP contribution in [0.4, 0.5) is 0 Å². The first kappa shape index (κ1) is 49.0. The highest BCUT2D eigenvalue weighted by molar-refractivity contribution is 5.49. The highest BCUT2D eigenvalue weighted by Crippen LogP contribution is 2.66. The van der Waals surface area contributed by atoms with Gasteiger partial charge in [-0.05, 0) is 33.4 Å². The molecular formula is C60H62O6. The van der Waals surface area contributed by atoms with Crippen LogP contribution in [0.1, 0.15) is 69.3 Å². The third-order valence-corrected chi connectivity index (χ3v) is 12.9. The molecule has 0 aliphatic heterocycles. The lowest BCUT2D eigenvalue weighted by atomic mass is 9.48. The molecule has 6 heteroatoms. The molecule has 6 unspecified atom stereocenters. The molecule has 0 radical (unpaired) electrons. The van der Waals surface area contributed by atoms with Gasteiger partial charge in [0.2, 0.25) is 0 Å². The van der Waals surface area contributed by atoms with E-state index in [1.54, 1.807) is 36.5 Å². The van der Waals surface area contributed by atoms with Crippen LogP contribution in [0.25, 0.3) is 0 Å². The second-order valence-electron chi connectivity index (χ2n) is 16.4. The van der Waals surface area contributed by atoms with Gasteiger partial charge in [0.15, 0.2) is 0 Å². The van der Waals surface area contributed by atoms with Gasteiger partial charge in [-0.2, -0.15) is 0 Å². The predicted molar refractivity (Wildman–Crippen MR) is 268 cm³/mol. The number of aliphatic hydroxyl groups excluding tert-OH is 3. The molecule has 0 aliphatic rings. The number of aliphatic hydroxyl groups is 4. The van der Waals surface area contributed by atoms with Crippen molar-refractivity contribution >= 4 is 0 Å². The average Bonchev–Trinajstić information content (AvgIpc) is 3.38. The van der Waals surface area contributed by atoms with E-state index in [1.807, 2.05) is 182 Å². The van der Waals surface area contributed by atoms with Gasteiger partial charge in [0.05, 0.1) is 6.61 Å². The molecule has 0 spiro atoms. The Kier molecular flexibility index (Phi) is 16.8. The molecule has 6 nitrogen and oxygen atoms in total. The monoisotopic (exact) mass is 878 g/mol. The van der Waals surface area contributed by atoms with Crippen LogP contribution in [0.15, 0.2) is 258 Å². The third kappa shape index (κ3) is 9.17. The van der Waals surface area contributed by atoms with Crippen molar-refractivity contribution in [1.82, 2.24) is 0 Å². The summed E-state index contributed by atoms with van der Waals surface area (Å²) in [5.74, 6) is -4.41. The second-order valence-corrected chi connectivity index (χ2v) is 16.4. The lowest BCUT2D eigenvalue weighted by Crippen LogP contribution is -2.80. The summed E-state index contributed by atoms with van der Waals surface area (Å²) in [6.07, 6.45) is 3.94. The zero-order valence-electron chi connectivity index (χ0n) is 37.5. The Bertz CT molecular complexity index is 2410. The van der Waals surface area contributed by atoms with Crippen LogP contribution in [0.2, 0.25) is 0 Å². The van der Waals surface area contributed by atoms with E-state index in [4.69, 9.17) is 9.47 Å². The first-order valence-corrected chi connectivity index (χ1v) is 22.3. The molecule has 0 heterocycles. The Morgan fingerprint density at radius 1 is 0.394 bits per heavy atom. The van der Waals surface area contributed by atoms with Crippen molar-refractivity contribution in [3.05, 3.63) is 291 Å². The van der Waals surface area contributed by atoms with Gasteiger partial charge in [-0.3, -0.25) is 0 Å². The standard InChI is InChI=1S/C60H62O6/c1-7-50(44-31-19-13-20-32-44)58(64,57(63)54(62)43-61)60(53(10-4)47-37-25-16-26-38-47,66-56(12-6)49-41-29-18-30-42-49)59(51(8-2)45-33-21-14-22-34-45,52(9-3)46-35-23-15-24-36-46)65-55(11-5)48-39-27-17-28-40-48/h7-42,50-57,61-64H,1-6,43H2/t50?,51?,52?,53?,54-,55?,56?,57-,58+,59?,60+/m1/s1. The van der Waals surface area contributed by atoms with E-state index in [1.165, 1.54) is 0 Å². The van der Waals surface area contributed by atoms with Crippen molar-refractivity contribution < 1.29 is 29.9 Å². The summed E-state index contributed by atoms with van der Waals surface area (Å²) in [6.45, 7) is 25.7. The third-order valence-electron chi connectivity index (χ3n) is 12.9. The minimum atomic E-state index is -2.78. The van der Waals surface area contributed by atoms with E-state index < -0.39 is 71.5 Å². The maximum absolute atomic E-state index is 15.3. The van der Waals surface area contributed by atoms with Crippen molar-refractivity contribution in [2.24, 2.45) is 0 Å². The van der Waals surface area contributed by atoms with Gasteiger partial charge in [0.25, 0.3) is 0 Å². The SMILES string of the molecule is C=CC(OC(C(C=C)c1ccccc1)(C(C=C)c1ccccc1)[C@](OC(C=C)c1ccccc1)(C(C=C)c1ccccc1)[C@](O)(C(C=C)c1ccccc1)[C@H](O)[C@H](O)CO)c1ccccc1. The molecule has 0 saturated carbocycles. The molecule has 0 aliphatic carbocycles. The van der Waals surface area contributed by atoms with Crippen LogP contribution in [-0.2, 0) is 9.47 Å². The number of rotatable bonds is 25. The fourth-order valence-electron chi connectivity index (χ4n) is 10.0. The van der Waals surface area contributed by atoms with Gasteiger partial charge in [-0.1, -0.05) is 218 Å². The molecule has 0 aromatic heterocycles. The van der Waals surface area contributed by atoms with E-state index in [2.05, 4.69) is 39.5 Å². The maximum atomic E-state index is 15.3. The molecular weight excluding hydrogens is 817 g/mol. The summed E-state index contributed by atoms with van der Waals surface area (Å²) in [6, 6.07) is 56.9. The maximum Gasteiger partial charge on any atom is 0.142 e. The van der Waals surface area contributed by atoms with Crippen molar-refractivity contribution in [1.29, 1.82) is 0 Å². The predicted octanol–water partition coefficient (Wildman–Crippen LogP) is 11.7. The van der Waals surface area contributed by atoms with Crippen LogP contribution < -0.4 is 0 Å². The first-order chi connectivity index (χ1) is 32.2. The van der Waals surface area contributed by atoms with Crippen LogP contribution in [-0.4, -0.2) is 56.0 Å². The quantitative estimate of drug-likeness (QED) is 0.0428. The molecule has 0 bridgehead atoms. The Morgan fingerprint density at radius 3 is 0.985 bits per heavy atom.